The van der Waals surface area contributed by atoms with Gasteiger partial charge in [0.2, 0.25) is 5.91 Å². The molecular formula is C15H17FN2OS. The van der Waals surface area contributed by atoms with E-state index in [1.165, 1.54) is 31.1 Å². The van der Waals surface area contributed by atoms with E-state index in [9.17, 15) is 9.18 Å². The van der Waals surface area contributed by atoms with Crippen LogP contribution in [0.4, 0.5) is 4.39 Å². The summed E-state index contributed by atoms with van der Waals surface area (Å²) >= 11 is 5.09. The lowest BCUT2D eigenvalue weighted by atomic mass is 10.2. The van der Waals surface area contributed by atoms with E-state index in [1.54, 1.807) is 18.2 Å². The molecule has 1 aromatic carbocycles. The number of thiocarbonyl (C=S) groups is 1. The second-order valence-corrected chi connectivity index (χ2v) is 5.24. The Labute approximate surface area is 123 Å². The maximum Gasteiger partial charge on any atom is 0.250 e. The molecule has 0 heterocycles. The highest BCUT2D eigenvalue weighted by Gasteiger charge is 2.15. The van der Waals surface area contributed by atoms with Gasteiger partial charge in [-0.2, -0.15) is 0 Å². The number of halogens is 1. The van der Waals surface area contributed by atoms with E-state index in [4.69, 9.17) is 12.2 Å². The molecule has 0 spiro atoms. The second-order valence-electron chi connectivity index (χ2n) is 4.83. The van der Waals surface area contributed by atoms with Crippen LogP contribution < -0.4 is 10.6 Å². The van der Waals surface area contributed by atoms with Crippen LogP contribution in [-0.2, 0) is 4.79 Å². The monoisotopic (exact) mass is 292 g/mol. The van der Waals surface area contributed by atoms with Gasteiger partial charge in [-0.3, -0.25) is 10.1 Å². The number of amides is 1. The zero-order valence-corrected chi connectivity index (χ0v) is 11.9. The number of nitrogens with one attached hydrogen (secondary N) is 2. The summed E-state index contributed by atoms with van der Waals surface area (Å²) in [6.07, 6.45) is 7.61. The highest BCUT2D eigenvalue weighted by molar-refractivity contribution is 7.80. The second kappa shape index (κ2) is 7.14. The van der Waals surface area contributed by atoms with Gasteiger partial charge >= 0.3 is 0 Å². The van der Waals surface area contributed by atoms with Crippen molar-refractivity contribution in [2.45, 2.75) is 31.7 Å². The highest BCUT2D eigenvalue weighted by Crippen LogP contribution is 2.17. The minimum Gasteiger partial charge on any atom is -0.360 e. The normalized spacial score (nSPS) is 15.4. The van der Waals surface area contributed by atoms with Gasteiger partial charge in [-0.25, -0.2) is 4.39 Å². The Balaban J connectivity index is 1.79. The number of carbonyl (C=O) groups is 1. The average molecular weight is 292 g/mol. The molecule has 0 bridgehead atoms. The minimum absolute atomic E-state index is 0.287. The lowest BCUT2D eigenvalue weighted by Gasteiger charge is -2.13. The van der Waals surface area contributed by atoms with Gasteiger partial charge in [-0.05, 0) is 48.8 Å². The van der Waals surface area contributed by atoms with Gasteiger partial charge in [-0.15, -0.1) is 0 Å². The first-order valence-corrected chi connectivity index (χ1v) is 7.09. The van der Waals surface area contributed by atoms with Crippen molar-refractivity contribution < 1.29 is 9.18 Å². The molecule has 1 amide bonds. The highest BCUT2D eigenvalue weighted by atomic mass is 32.1. The third-order valence-electron chi connectivity index (χ3n) is 3.22. The Morgan fingerprint density at radius 3 is 2.55 bits per heavy atom. The third-order valence-corrected chi connectivity index (χ3v) is 3.44. The summed E-state index contributed by atoms with van der Waals surface area (Å²) < 4.78 is 12.7. The van der Waals surface area contributed by atoms with Gasteiger partial charge in [0, 0.05) is 12.1 Å². The standard InChI is InChI=1S/C15H17FN2OS/c16-12-8-5-11(6-9-12)7-10-14(19)18-15(20)17-13-3-1-2-4-13/h5-10,13H,1-4H2,(H2,17,18,19,20)/b10-7+. The smallest absolute Gasteiger partial charge is 0.250 e. The molecular weight excluding hydrogens is 275 g/mol. The van der Waals surface area contributed by atoms with Crippen molar-refractivity contribution in [2.24, 2.45) is 0 Å². The molecule has 5 heteroatoms. The van der Waals surface area contributed by atoms with Crippen LogP contribution in [0.3, 0.4) is 0 Å². The molecule has 106 valence electrons. The third kappa shape index (κ3) is 4.74. The Hall–Kier alpha value is -1.75. The summed E-state index contributed by atoms with van der Waals surface area (Å²) in [6, 6.07) is 6.29. The maximum atomic E-state index is 12.7. The molecule has 2 rings (SSSR count). The van der Waals surface area contributed by atoms with Crippen LogP contribution in [0.2, 0.25) is 0 Å². The molecule has 0 atom stereocenters. The van der Waals surface area contributed by atoms with Crippen LogP contribution in [0.1, 0.15) is 31.2 Å². The molecule has 1 fully saturated rings. The average Bonchev–Trinajstić information content (AvgIpc) is 2.90. The molecule has 1 saturated carbocycles. The quantitative estimate of drug-likeness (QED) is 0.665. The van der Waals surface area contributed by atoms with E-state index in [0.29, 0.717) is 11.2 Å². The first-order valence-electron chi connectivity index (χ1n) is 6.68. The van der Waals surface area contributed by atoms with Crippen LogP contribution >= 0.6 is 12.2 Å². The van der Waals surface area contributed by atoms with Crippen LogP contribution in [-0.4, -0.2) is 17.1 Å². The predicted octanol–water partition coefficient (Wildman–Crippen LogP) is 2.77. The van der Waals surface area contributed by atoms with Crippen molar-refractivity contribution in [1.29, 1.82) is 0 Å². The van der Waals surface area contributed by atoms with Crippen molar-refractivity contribution in [3.8, 4) is 0 Å². The molecule has 0 saturated heterocycles. The van der Waals surface area contributed by atoms with E-state index >= 15 is 0 Å². The molecule has 0 aromatic heterocycles. The van der Waals surface area contributed by atoms with E-state index in [1.807, 2.05) is 0 Å². The van der Waals surface area contributed by atoms with E-state index < -0.39 is 0 Å². The van der Waals surface area contributed by atoms with E-state index in [2.05, 4.69) is 10.6 Å². The zero-order chi connectivity index (χ0) is 14.4. The number of hydrogen-bond donors (Lipinski definition) is 2. The van der Waals surface area contributed by atoms with Gasteiger partial charge in [0.1, 0.15) is 5.82 Å². The van der Waals surface area contributed by atoms with Crippen LogP contribution in [0.25, 0.3) is 6.08 Å². The summed E-state index contributed by atoms with van der Waals surface area (Å²) in [4.78, 5) is 11.7. The number of benzene rings is 1. The Bertz CT molecular complexity index is 507. The summed E-state index contributed by atoms with van der Waals surface area (Å²) in [7, 11) is 0. The van der Waals surface area contributed by atoms with Crippen LogP contribution in [0, 0.1) is 5.82 Å². The topological polar surface area (TPSA) is 41.1 Å². The Kier molecular flexibility index (Phi) is 5.24. The molecule has 1 aliphatic rings. The SMILES string of the molecule is O=C(/C=C/c1ccc(F)cc1)NC(=S)NC1CCCC1. The zero-order valence-electron chi connectivity index (χ0n) is 11.1. The van der Waals surface area contributed by atoms with E-state index in [0.717, 1.165) is 18.4 Å². The largest absolute Gasteiger partial charge is 0.360 e. The van der Waals surface area contributed by atoms with E-state index in [-0.39, 0.29) is 11.7 Å². The maximum absolute atomic E-state index is 12.7. The molecule has 3 nitrogen and oxygen atoms in total. The van der Waals surface area contributed by atoms with Gasteiger partial charge in [-0.1, -0.05) is 25.0 Å². The summed E-state index contributed by atoms with van der Waals surface area (Å²) in [5.74, 6) is -0.585. The fourth-order valence-electron chi connectivity index (χ4n) is 2.19. The fraction of sp³-hybridized carbons (Fsp3) is 0.333. The van der Waals surface area contributed by atoms with Crippen molar-refractivity contribution in [1.82, 2.24) is 10.6 Å². The van der Waals surface area contributed by atoms with Crippen molar-refractivity contribution in [3.05, 3.63) is 41.7 Å². The Morgan fingerprint density at radius 1 is 1.25 bits per heavy atom. The Morgan fingerprint density at radius 2 is 1.90 bits per heavy atom. The lowest BCUT2D eigenvalue weighted by Crippen LogP contribution is -2.42. The molecule has 1 aromatic rings. The molecule has 20 heavy (non-hydrogen) atoms. The molecule has 1 aliphatic carbocycles. The van der Waals surface area contributed by atoms with Crippen molar-refractivity contribution in [3.63, 3.8) is 0 Å². The number of rotatable bonds is 3. The summed E-state index contributed by atoms with van der Waals surface area (Å²) in [5, 5.41) is 6.11. The first kappa shape index (κ1) is 14.7. The van der Waals surface area contributed by atoms with Gasteiger partial charge < -0.3 is 5.32 Å². The van der Waals surface area contributed by atoms with Gasteiger partial charge in [0.05, 0.1) is 0 Å². The van der Waals surface area contributed by atoms with Crippen molar-refractivity contribution >= 4 is 29.3 Å². The summed E-state index contributed by atoms with van der Waals surface area (Å²) in [5.41, 5.74) is 0.760. The molecule has 0 radical (unpaired) electrons. The summed E-state index contributed by atoms with van der Waals surface area (Å²) in [6.45, 7) is 0. The molecule has 0 aliphatic heterocycles. The van der Waals surface area contributed by atoms with Gasteiger partial charge in [0.15, 0.2) is 5.11 Å². The first-order chi connectivity index (χ1) is 9.63. The molecule has 2 N–H and O–H groups in total. The fourth-order valence-corrected chi connectivity index (χ4v) is 2.46. The van der Waals surface area contributed by atoms with Gasteiger partial charge in [0.25, 0.3) is 0 Å². The lowest BCUT2D eigenvalue weighted by molar-refractivity contribution is -0.115. The number of hydrogen-bond acceptors (Lipinski definition) is 2. The van der Waals surface area contributed by atoms with Crippen LogP contribution in [0.5, 0.6) is 0 Å². The molecule has 0 unspecified atom stereocenters. The van der Waals surface area contributed by atoms with Crippen molar-refractivity contribution in [2.75, 3.05) is 0 Å². The number of carbonyl (C=O) groups excluding carboxylic acids is 1. The minimum atomic E-state index is -0.298. The van der Waals surface area contributed by atoms with Crippen LogP contribution in [0.15, 0.2) is 30.3 Å². The predicted molar refractivity (Wildman–Crippen MR) is 81.6 cm³/mol.